The van der Waals surface area contributed by atoms with Crippen LogP contribution in [0.1, 0.15) is 51.0 Å². The molecule has 1 aliphatic carbocycles. The SMILES string of the molecule is CC1CCCC(CCN2CCOC(c3nncn3C)C2)C1. The van der Waals surface area contributed by atoms with Crippen molar-refractivity contribution in [1.82, 2.24) is 19.7 Å². The summed E-state index contributed by atoms with van der Waals surface area (Å²) in [5.74, 6) is 2.82. The average Bonchev–Trinajstić information content (AvgIpc) is 2.92. The molecule has 1 aliphatic heterocycles. The summed E-state index contributed by atoms with van der Waals surface area (Å²) in [7, 11) is 1.99. The smallest absolute Gasteiger partial charge is 0.163 e. The molecule has 1 aromatic rings. The molecule has 0 bridgehead atoms. The third-order valence-electron chi connectivity index (χ3n) is 5.08. The van der Waals surface area contributed by atoms with Crippen molar-refractivity contribution in [3.63, 3.8) is 0 Å². The Hall–Kier alpha value is -0.940. The Morgan fingerprint density at radius 2 is 2.29 bits per heavy atom. The molecule has 118 valence electrons. The largest absolute Gasteiger partial charge is 0.368 e. The quantitative estimate of drug-likeness (QED) is 0.855. The number of aromatic nitrogens is 3. The van der Waals surface area contributed by atoms with Gasteiger partial charge >= 0.3 is 0 Å². The van der Waals surface area contributed by atoms with Crippen molar-refractivity contribution in [2.75, 3.05) is 26.2 Å². The molecule has 0 radical (unpaired) electrons. The van der Waals surface area contributed by atoms with Crippen molar-refractivity contribution in [2.24, 2.45) is 18.9 Å². The van der Waals surface area contributed by atoms with Crippen LogP contribution in [-0.4, -0.2) is 45.9 Å². The molecule has 2 fully saturated rings. The molecule has 0 spiro atoms. The van der Waals surface area contributed by atoms with Gasteiger partial charge in [0.25, 0.3) is 0 Å². The number of aryl methyl sites for hydroxylation is 1. The second kappa shape index (κ2) is 6.88. The van der Waals surface area contributed by atoms with Gasteiger partial charge in [-0.2, -0.15) is 0 Å². The summed E-state index contributed by atoms with van der Waals surface area (Å²) in [5.41, 5.74) is 0. The predicted octanol–water partition coefficient (Wildman–Crippen LogP) is 2.40. The Labute approximate surface area is 127 Å². The van der Waals surface area contributed by atoms with Crippen LogP contribution >= 0.6 is 0 Å². The lowest BCUT2D eigenvalue weighted by Gasteiger charge is -2.34. The van der Waals surface area contributed by atoms with E-state index < -0.39 is 0 Å². The van der Waals surface area contributed by atoms with Crippen LogP contribution in [0.4, 0.5) is 0 Å². The van der Waals surface area contributed by atoms with Crippen LogP contribution in [0.15, 0.2) is 6.33 Å². The van der Waals surface area contributed by atoms with Crippen LogP contribution in [-0.2, 0) is 11.8 Å². The normalized spacial score (nSPS) is 31.4. The van der Waals surface area contributed by atoms with E-state index in [-0.39, 0.29) is 6.10 Å². The van der Waals surface area contributed by atoms with E-state index in [9.17, 15) is 0 Å². The third-order valence-corrected chi connectivity index (χ3v) is 5.08. The predicted molar refractivity (Wildman–Crippen MR) is 81.9 cm³/mol. The van der Waals surface area contributed by atoms with Gasteiger partial charge in [0, 0.05) is 20.1 Å². The molecule has 0 aromatic carbocycles. The van der Waals surface area contributed by atoms with Crippen LogP contribution in [0.5, 0.6) is 0 Å². The first-order chi connectivity index (χ1) is 10.2. The zero-order chi connectivity index (χ0) is 14.7. The summed E-state index contributed by atoms with van der Waals surface area (Å²) < 4.78 is 7.85. The van der Waals surface area contributed by atoms with Gasteiger partial charge in [0.15, 0.2) is 5.82 Å². The highest BCUT2D eigenvalue weighted by atomic mass is 16.5. The molecule has 3 rings (SSSR count). The molecule has 1 aromatic heterocycles. The fourth-order valence-corrected chi connectivity index (χ4v) is 3.83. The monoisotopic (exact) mass is 292 g/mol. The van der Waals surface area contributed by atoms with Gasteiger partial charge in [-0.05, 0) is 31.2 Å². The summed E-state index contributed by atoms with van der Waals surface area (Å²) in [6, 6.07) is 0. The van der Waals surface area contributed by atoms with Gasteiger partial charge in [0.2, 0.25) is 0 Å². The van der Waals surface area contributed by atoms with Gasteiger partial charge in [-0.3, -0.25) is 4.90 Å². The lowest BCUT2D eigenvalue weighted by molar-refractivity contribution is -0.0375. The van der Waals surface area contributed by atoms with Crippen molar-refractivity contribution in [3.8, 4) is 0 Å². The van der Waals surface area contributed by atoms with Gasteiger partial charge < -0.3 is 9.30 Å². The molecule has 5 nitrogen and oxygen atoms in total. The average molecular weight is 292 g/mol. The van der Waals surface area contributed by atoms with Crippen LogP contribution in [0.3, 0.4) is 0 Å². The summed E-state index contributed by atoms with van der Waals surface area (Å²) in [6.45, 7) is 6.42. The van der Waals surface area contributed by atoms with E-state index in [1.165, 1.54) is 38.6 Å². The van der Waals surface area contributed by atoms with Crippen molar-refractivity contribution < 1.29 is 4.74 Å². The number of hydrogen-bond donors (Lipinski definition) is 0. The molecule has 1 saturated carbocycles. The molecule has 2 heterocycles. The molecule has 1 saturated heterocycles. The minimum Gasteiger partial charge on any atom is -0.368 e. The van der Waals surface area contributed by atoms with Gasteiger partial charge in [0.1, 0.15) is 12.4 Å². The first-order valence-corrected chi connectivity index (χ1v) is 8.40. The van der Waals surface area contributed by atoms with Crippen molar-refractivity contribution >= 4 is 0 Å². The molecular formula is C16H28N4O. The lowest BCUT2D eigenvalue weighted by atomic mass is 9.81. The Kier molecular flexibility index (Phi) is 4.91. The van der Waals surface area contributed by atoms with Gasteiger partial charge in [-0.25, -0.2) is 0 Å². The number of rotatable bonds is 4. The summed E-state index contributed by atoms with van der Waals surface area (Å²) in [5, 5.41) is 8.16. The Morgan fingerprint density at radius 1 is 1.38 bits per heavy atom. The third kappa shape index (κ3) is 3.83. The lowest BCUT2D eigenvalue weighted by Crippen LogP contribution is -2.40. The summed E-state index contributed by atoms with van der Waals surface area (Å²) in [4.78, 5) is 2.54. The highest BCUT2D eigenvalue weighted by Gasteiger charge is 2.26. The Morgan fingerprint density at radius 3 is 3.05 bits per heavy atom. The highest BCUT2D eigenvalue weighted by molar-refractivity contribution is 4.94. The minimum absolute atomic E-state index is 0.0801. The van der Waals surface area contributed by atoms with Crippen LogP contribution in [0, 0.1) is 11.8 Å². The molecule has 5 heteroatoms. The Bertz CT molecular complexity index is 447. The topological polar surface area (TPSA) is 43.2 Å². The Balaban J connectivity index is 1.49. The first kappa shape index (κ1) is 15.0. The van der Waals surface area contributed by atoms with E-state index in [2.05, 4.69) is 22.0 Å². The van der Waals surface area contributed by atoms with Crippen LogP contribution < -0.4 is 0 Å². The van der Waals surface area contributed by atoms with E-state index in [4.69, 9.17) is 4.74 Å². The van der Waals surface area contributed by atoms with Gasteiger partial charge in [-0.15, -0.1) is 10.2 Å². The van der Waals surface area contributed by atoms with E-state index in [1.807, 2.05) is 11.6 Å². The molecule has 21 heavy (non-hydrogen) atoms. The molecule has 3 atom stereocenters. The first-order valence-electron chi connectivity index (χ1n) is 8.40. The molecular weight excluding hydrogens is 264 g/mol. The number of ether oxygens (including phenoxy) is 1. The van der Waals surface area contributed by atoms with Crippen LogP contribution in [0.2, 0.25) is 0 Å². The standard InChI is InChI=1S/C16H28N4O/c1-13-4-3-5-14(10-13)6-7-20-8-9-21-15(11-20)16-18-17-12-19(16)2/h12-15H,3-11H2,1-2H3. The van der Waals surface area contributed by atoms with E-state index in [1.54, 1.807) is 6.33 Å². The second-order valence-electron chi connectivity index (χ2n) is 6.89. The molecule has 2 aliphatic rings. The van der Waals surface area contributed by atoms with Crippen LogP contribution in [0.25, 0.3) is 0 Å². The fourth-order valence-electron chi connectivity index (χ4n) is 3.83. The zero-order valence-corrected chi connectivity index (χ0v) is 13.4. The maximum absolute atomic E-state index is 5.88. The van der Waals surface area contributed by atoms with E-state index >= 15 is 0 Å². The minimum atomic E-state index is 0.0801. The maximum atomic E-state index is 5.88. The highest BCUT2D eigenvalue weighted by Crippen LogP contribution is 2.31. The summed E-state index contributed by atoms with van der Waals surface area (Å²) >= 11 is 0. The van der Waals surface area contributed by atoms with Crippen molar-refractivity contribution in [1.29, 1.82) is 0 Å². The van der Waals surface area contributed by atoms with Gasteiger partial charge in [-0.1, -0.05) is 26.2 Å². The number of morpholine rings is 1. The van der Waals surface area contributed by atoms with Crippen molar-refractivity contribution in [3.05, 3.63) is 12.2 Å². The van der Waals surface area contributed by atoms with Gasteiger partial charge in [0.05, 0.1) is 6.61 Å². The number of hydrogen-bond acceptors (Lipinski definition) is 4. The number of nitrogens with zero attached hydrogens (tertiary/aromatic N) is 4. The van der Waals surface area contributed by atoms with E-state index in [0.717, 1.165) is 37.4 Å². The second-order valence-corrected chi connectivity index (χ2v) is 6.89. The fraction of sp³-hybridized carbons (Fsp3) is 0.875. The van der Waals surface area contributed by atoms with E-state index in [0.29, 0.717) is 0 Å². The molecule has 0 amide bonds. The summed E-state index contributed by atoms with van der Waals surface area (Å²) in [6.07, 6.45) is 8.89. The maximum Gasteiger partial charge on any atom is 0.163 e. The van der Waals surface area contributed by atoms with Crippen molar-refractivity contribution in [2.45, 2.75) is 45.1 Å². The zero-order valence-electron chi connectivity index (χ0n) is 13.4. The molecule has 3 unspecified atom stereocenters. The molecule has 0 N–H and O–H groups in total.